The van der Waals surface area contributed by atoms with Crippen molar-refractivity contribution in [2.45, 2.75) is 13.3 Å². The first kappa shape index (κ1) is 13.9. The molecule has 0 unspecified atom stereocenters. The quantitative estimate of drug-likeness (QED) is 0.362. The van der Waals surface area contributed by atoms with Gasteiger partial charge in [0.1, 0.15) is 0 Å². The first-order valence-electron chi connectivity index (χ1n) is 8.30. The summed E-state index contributed by atoms with van der Waals surface area (Å²) in [5, 5.41) is 11.2. The third-order valence-corrected chi connectivity index (χ3v) is 6.31. The Hall–Kier alpha value is -2.50. The van der Waals surface area contributed by atoms with E-state index in [1.165, 1.54) is 11.0 Å². The minimum atomic E-state index is -0.475. The van der Waals surface area contributed by atoms with E-state index < -0.39 is 4.92 Å². The van der Waals surface area contributed by atoms with Crippen LogP contribution in [0.2, 0.25) is 0 Å². The number of hydrogen-bond acceptors (Lipinski definition) is 4. The van der Waals surface area contributed by atoms with Gasteiger partial charge in [-0.25, -0.2) is 4.90 Å². The second-order valence-corrected chi connectivity index (χ2v) is 7.39. The fraction of sp³-hybridized carbons (Fsp3) is 0.444. The zero-order chi connectivity index (χ0) is 16.7. The highest BCUT2D eigenvalue weighted by Crippen LogP contribution is 2.65. The van der Waals surface area contributed by atoms with Crippen molar-refractivity contribution >= 4 is 23.2 Å². The number of nitro groups is 1. The summed E-state index contributed by atoms with van der Waals surface area (Å²) in [5.74, 6) is 0.475. The molecule has 2 bridgehead atoms. The summed E-state index contributed by atoms with van der Waals surface area (Å²) in [6, 6.07) is 4.57. The molecule has 6 heteroatoms. The topological polar surface area (TPSA) is 80.5 Å². The molecule has 24 heavy (non-hydrogen) atoms. The number of anilines is 1. The lowest BCUT2D eigenvalue weighted by Gasteiger charge is -2.37. The number of imide groups is 1. The Labute approximate surface area is 138 Å². The molecular weight excluding hydrogens is 308 g/mol. The van der Waals surface area contributed by atoms with Crippen LogP contribution in [0, 0.1) is 52.5 Å². The van der Waals surface area contributed by atoms with Gasteiger partial charge in [-0.15, -0.1) is 0 Å². The molecule has 1 aliphatic heterocycles. The first-order valence-corrected chi connectivity index (χ1v) is 8.30. The van der Waals surface area contributed by atoms with Crippen LogP contribution in [0.4, 0.5) is 11.4 Å². The van der Waals surface area contributed by atoms with Gasteiger partial charge in [0.05, 0.1) is 22.4 Å². The van der Waals surface area contributed by atoms with Gasteiger partial charge >= 0.3 is 0 Å². The van der Waals surface area contributed by atoms with Gasteiger partial charge < -0.3 is 0 Å². The molecule has 0 N–H and O–H groups in total. The average molecular weight is 324 g/mol. The van der Waals surface area contributed by atoms with Crippen molar-refractivity contribution in [1.82, 2.24) is 0 Å². The van der Waals surface area contributed by atoms with Crippen LogP contribution in [0.25, 0.3) is 0 Å². The van der Waals surface area contributed by atoms with Gasteiger partial charge in [-0.05, 0) is 43.1 Å². The first-order chi connectivity index (χ1) is 11.5. The van der Waals surface area contributed by atoms with Crippen LogP contribution in [-0.4, -0.2) is 16.7 Å². The molecule has 0 spiro atoms. The van der Waals surface area contributed by atoms with Crippen molar-refractivity contribution in [2.24, 2.45) is 35.5 Å². The lowest BCUT2D eigenvalue weighted by atomic mass is 9.63. The predicted octanol–water partition coefficient (Wildman–Crippen LogP) is 2.46. The van der Waals surface area contributed by atoms with Crippen LogP contribution in [0.15, 0.2) is 30.4 Å². The summed E-state index contributed by atoms with van der Waals surface area (Å²) in [5.41, 5.74) is 0.778. The number of hydrogen-bond donors (Lipinski definition) is 0. The van der Waals surface area contributed by atoms with Crippen molar-refractivity contribution in [3.05, 3.63) is 46.0 Å². The number of amides is 2. The van der Waals surface area contributed by atoms with Gasteiger partial charge in [-0.1, -0.05) is 18.2 Å². The Bertz CT molecular complexity index is 809. The van der Waals surface area contributed by atoms with Crippen LogP contribution < -0.4 is 4.90 Å². The van der Waals surface area contributed by atoms with Gasteiger partial charge in [0.2, 0.25) is 11.8 Å². The van der Waals surface area contributed by atoms with Gasteiger partial charge in [0.25, 0.3) is 5.69 Å². The predicted molar refractivity (Wildman–Crippen MR) is 85.0 cm³/mol. The molecule has 1 aromatic rings. The van der Waals surface area contributed by atoms with Crippen LogP contribution in [-0.2, 0) is 9.59 Å². The van der Waals surface area contributed by atoms with E-state index in [9.17, 15) is 19.7 Å². The normalized spacial score (nSPS) is 38.3. The van der Waals surface area contributed by atoms with E-state index in [0.717, 1.165) is 6.42 Å². The second kappa shape index (κ2) is 4.32. The number of allylic oxidation sites excluding steroid dienone is 2. The highest BCUT2D eigenvalue weighted by Gasteiger charge is 2.67. The van der Waals surface area contributed by atoms with Gasteiger partial charge in [-0.3, -0.25) is 19.7 Å². The minimum Gasteiger partial charge on any atom is -0.274 e. The number of benzene rings is 1. The van der Waals surface area contributed by atoms with E-state index in [1.54, 1.807) is 19.1 Å². The van der Waals surface area contributed by atoms with Gasteiger partial charge in [0, 0.05) is 11.6 Å². The Kier molecular flexibility index (Phi) is 2.50. The Morgan fingerprint density at radius 1 is 1.08 bits per heavy atom. The molecule has 4 aliphatic carbocycles. The van der Waals surface area contributed by atoms with E-state index in [4.69, 9.17) is 0 Å². The lowest BCUT2D eigenvalue weighted by molar-refractivity contribution is -0.385. The lowest BCUT2D eigenvalue weighted by Crippen LogP contribution is -2.40. The number of rotatable bonds is 2. The van der Waals surface area contributed by atoms with Crippen molar-refractivity contribution in [2.75, 3.05) is 4.90 Å². The van der Waals surface area contributed by atoms with Crippen molar-refractivity contribution < 1.29 is 14.5 Å². The fourth-order valence-electron chi connectivity index (χ4n) is 5.15. The number of aryl methyl sites for hydroxylation is 1. The molecule has 3 fully saturated rings. The number of nitrogens with zero attached hydrogens (tertiary/aromatic N) is 2. The smallest absolute Gasteiger partial charge is 0.274 e. The molecule has 5 aliphatic rings. The maximum atomic E-state index is 13.0. The maximum Gasteiger partial charge on any atom is 0.274 e. The minimum absolute atomic E-state index is 0.0630. The molecule has 6 rings (SSSR count). The standard InChI is InChI=1S/C18H16N2O4/c1-8-2-3-9(6-14(8)20(23)24)19-17(21)15-10-4-5-11(13-7-12(10)13)16(15)18(19)22/h2-6,10-13,15-16H,7H2,1H3/t10-,11-,12-,13+,15+,16+/m0/s1. The van der Waals surface area contributed by atoms with E-state index in [-0.39, 0.29) is 41.2 Å². The van der Waals surface area contributed by atoms with E-state index in [0.29, 0.717) is 23.1 Å². The molecule has 1 aromatic carbocycles. The number of nitro benzene ring substituents is 1. The molecule has 2 saturated carbocycles. The van der Waals surface area contributed by atoms with Crippen LogP contribution >= 0.6 is 0 Å². The number of carbonyl (C=O) groups is 2. The third-order valence-electron chi connectivity index (χ3n) is 6.31. The molecule has 6 nitrogen and oxygen atoms in total. The summed E-state index contributed by atoms with van der Waals surface area (Å²) in [6.07, 6.45) is 5.35. The molecule has 1 heterocycles. The second-order valence-electron chi connectivity index (χ2n) is 7.39. The summed E-state index contributed by atoms with van der Waals surface area (Å²) < 4.78 is 0. The Morgan fingerprint density at radius 2 is 1.67 bits per heavy atom. The highest BCUT2D eigenvalue weighted by molar-refractivity contribution is 6.22. The fourth-order valence-corrected chi connectivity index (χ4v) is 5.15. The van der Waals surface area contributed by atoms with Gasteiger partial charge in [0.15, 0.2) is 0 Å². The molecular formula is C18H16N2O4. The van der Waals surface area contributed by atoms with Gasteiger partial charge in [-0.2, -0.15) is 0 Å². The van der Waals surface area contributed by atoms with Crippen LogP contribution in [0.5, 0.6) is 0 Å². The van der Waals surface area contributed by atoms with E-state index >= 15 is 0 Å². The summed E-state index contributed by atoms with van der Waals surface area (Å²) in [6.45, 7) is 1.65. The third kappa shape index (κ3) is 1.56. The summed E-state index contributed by atoms with van der Waals surface area (Å²) >= 11 is 0. The SMILES string of the molecule is Cc1ccc(N2C(=O)[C@@H]3[C@H]4C=C[C@@H]([C@@H]5C[C@H]45)[C@H]3C2=O)cc1[N+](=O)[O-]. The Morgan fingerprint density at radius 3 is 2.21 bits per heavy atom. The van der Waals surface area contributed by atoms with Crippen LogP contribution in [0.1, 0.15) is 12.0 Å². The van der Waals surface area contributed by atoms with E-state index in [2.05, 4.69) is 12.2 Å². The molecule has 1 saturated heterocycles. The number of carbonyl (C=O) groups excluding carboxylic acids is 2. The van der Waals surface area contributed by atoms with E-state index in [1.807, 2.05) is 0 Å². The van der Waals surface area contributed by atoms with Crippen molar-refractivity contribution in [3.8, 4) is 0 Å². The summed E-state index contributed by atoms with van der Waals surface area (Å²) in [7, 11) is 0. The molecule has 2 amide bonds. The monoisotopic (exact) mass is 324 g/mol. The maximum absolute atomic E-state index is 13.0. The van der Waals surface area contributed by atoms with Crippen molar-refractivity contribution in [3.63, 3.8) is 0 Å². The molecule has 122 valence electrons. The molecule has 0 radical (unpaired) electrons. The zero-order valence-corrected chi connectivity index (χ0v) is 13.1. The average Bonchev–Trinajstić information content (AvgIpc) is 3.33. The molecule has 6 atom stereocenters. The van der Waals surface area contributed by atoms with Crippen molar-refractivity contribution in [1.29, 1.82) is 0 Å². The summed E-state index contributed by atoms with van der Waals surface area (Å²) in [4.78, 5) is 37.8. The zero-order valence-electron chi connectivity index (χ0n) is 13.1. The molecule has 0 aromatic heterocycles. The highest BCUT2D eigenvalue weighted by atomic mass is 16.6. The largest absolute Gasteiger partial charge is 0.274 e. The van der Waals surface area contributed by atoms with Crippen LogP contribution in [0.3, 0.4) is 0 Å². The Balaban J connectivity index is 1.57.